The molecular formula is C16H25NO2S. The number of hydrogen-bond donors (Lipinski definition) is 1. The fourth-order valence-corrected chi connectivity index (χ4v) is 2.25. The third kappa shape index (κ3) is 8.97. The summed E-state index contributed by atoms with van der Waals surface area (Å²) >= 11 is 4.20. The van der Waals surface area contributed by atoms with Crippen LogP contribution in [0.25, 0.3) is 0 Å². The monoisotopic (exact) mass is 295 g/mol. The smallest absolute Gasteiger partial charge is 0.311 e. The van der Waals surface area contributed by atoms with Gasteiger partial charge in [0.25, 0.3) is 0 Å². The molecule has 0 unspecified atom stereocenters. The second-order valence-electron chi connectivity index (χ2n) is 4.96. The third-order valence-electron chi connectivity index (χ3n) is 3.17. The molecule has 0 saturated heterocycles. The molecule has 4 heteroatoms. The van der Waals surface area contributed by atoms with E-state index < -0.39 is 0 Å². The zero-order chi connectivity index (χ0) is 14.5. The van der Waals surface area contributed by atoms with Gasteiger partial charge in [0.15, 0.2) is 0 Å². The first-order valence-electron chi connectivity index (χ1n) is 7.54. The summed E-state index contributed by atoms with van der Waals surface area (Å²) in [4.78, 5) is 15.4. The van der Waals surface area contributed by atoms with Gasteiger partial charge in [-0.15, -0.1) is 0 Å². The third-order valence-corrected chi connectivity index (χ3v) is 3.49. The lowest BCUT2D eigenvalue weighted by atomic mass is 10.1. The fourth-order valence-electron chi connectivity index (χ4n) is 2.03. The van der Waals surface area contributed by atoms with E-state index in [9.17, 15) is 4.79 Å². The number of ether oxygens (including phenoxy) is 1. The maximum atomic E-state index is 11.6. The molecule has 0 aromatic carbocycles. The summed E-state index contributed by atoms with van der Waals surface area (Å²) < 4.78 is 5.20. The Morgan fingerprint density at radius 2 is 1.50 bits per heavy atom. The standard InChI is InChI=1S/C16H25NO2S/c18-16(19-15-10-12-17-13-11-15)9-7-5-3-1-2-4-6-8-14-20/h10-13,20H,1-9,14H2. The number of nitrogens with zero attached hydrogens (tertiary/aromatic N) is 1. The van der Waals surface area contributed by atoms with Gasteiger partial charge in [0.1, 0.15) is 5.75 Å². The number of rotatable bonds is 11. The van der Waals surface area contributed by atoms with E-state index in [1.54, 1.807) is 24.5 Å². The summed E-state index contributed by atoms with van der Waals surface area (Å²) in [5.74, 6) is 1.43. The second-order valence-corrected chi connectivity index (χ2v) is 5.41. The Hall–Kier alpha value is -1.03. The Balaban J connectivity index is 1.92. The number of pyridine rings is 1. The Kier molecular flexibility index (Phi) is 10.0. The summed E-state index contributed by atoms with van der Waals surface area (Å²) in [6.07, 6.45) is 13.4. The van der Waals surface area contributed by atoms with Crippen molar-refractivity contribution in [3.05, 3.63) is 24.5 Å². The highest BCUT2D eigenvalue weighted by Crippen LogP contribution is 2.12. The van der Waals surface area contributed by atoms with E-state index in [1.165, 1.54) is 38.5 Å². The minimum atomic E-state index is -0.148. The number of unbranched alkanes of at least 4 members (excludes halogenated alkanes) is 7. The number of carbonyl (C=O) groups excluding carboxylic acids is 1. The Labute approximate surface area is 127 Å². The molecule has 0 aliphatic carbocycles. The van der Waals surface area contributed by atoms with Gasteiger partial charge in [0, 0.05) is 18.8 Å². The van der Waals surface area contributed by atoms with Crippen LogP contribution in [0.15, 0.2) is 24.5 Å². The molecule has 3 nitrogen and oxygen atoms in total. The highest BCUT2D eigenvalue weighted by atomic mass is 32.1. The van der Waals surface area contributed by atoms with Crippen molar-refractivity contribution in [1.29, 1.82) is 0 Å². The zero-order valence-electron chi connectivity index (χ0n) is 12.1. The number of thiol groups is 1. The average Bonchev–Trinajstić information content (AvgIpc) is 2.46. The summed E-state index contributed by atoms with van der Waals surface area (Å²) in [7, 11) is 0. The molecule has 0 bridgehead atoms. The van der Waals surface area contributed by atoms with Crippen molar-refractivity contribution >= 4 is 18.6 Å². The quantitative estimate of drug-likeness (QED) is 0.373. The fraction of sp³-hybridized carbons (Fsp3) is 0.625. The van der Waals surface area contributed by atoms with Crippen molar-refractivity contribution in [2.45, 2.75) is 57.8 Å². The van der Waals surface area contributed by atoms with Gasteiger partial charge < -0.3 is 4.74 Å². The topological polar surface area (TPSA) is 39.2 Å². The average molecular weight is 295 g/mol. The van der Waals surface area contributed by atoms with E-state index in [1.807, 2.05) is 0 Å². The second kappa shape index (κ2) is 11.8. The number of esters is 1. The van der Waals surface area contributed by atoms with Crippen molar-refractivity contribution in [1.82, 2.24) is 4.98 Å². The van der Waals surface area contributed by atoms with Crippen LogP contribution in [0.2, 0.25) is 0 Å². The number of carbonyl (C=O) groups is 1. The highest BCUT2D eigenvalue weighted by molar-refractivity contribution is 7.80. The minimum Gasteiger partial charge on any atom is -0.426 e. The van der Waals surface area contributed by atoms with Crippen LogP contribution in [0.5, 0.6) is 5.75 Å². The summed E-state index contributed by atoms with van der Waals surface area (Å²) in [6, 6.07) is 3.39. The van der Waals surface area contributed by atoms with Crippen LogP contribution in [0.1, 0.15) is 57.8 Å². The van der Waals surface area contributed by atoms with Crippen LogP contribution in [0, 0.1) is 0 Å². The lowest BCUT2D eigenvalue weighted by Crippen LogP contribution is -2.07. The van der Waals surface area contributed by atoms with Gasteiger partial charge in [-0.3, -0.25) is 9.78 Å². The van der Waals surface area contributed by atoms with Crippen LogP contribution >= 0.6 is 12.6 Å². The first-order valence-corrected chi connectivity index (χ1v) is 8.18. The number of aromatic nitrogens is 1. The van der Waals surface area contributed by atoms with Crippen molar-refractivity contribution in [3.63, 3.8) is 0 Å². The summed E-state index contributed by atoms with van der Waals surface area (Å²) in [5, 5.41) is 0. The molecule has 0 N–H and O–H groups in total. The van der Waals surface area contributed by atoms with Gasteiger partial charge in [0.2, 0.25) is 0 Å². The predicted molar refractivity (Wildman–Crippen MR) is 85.3 cm³/mol. The lowest BCUT2D eigenvalue weighted by molar-refractivity contribution is -0.134. The molecule has 0 atom stereocenters. The van der Waals surface area contributed by atoms with E-state index in [0.717, 1.165) is 18.6 Å². The highest BCUT2D eigenvalue weighted by Gasteiger charge is 2.04. The minimum absolute atomic E-state index is 0.148. The zero-order valence-corrected chi connectivity index (χ0v) is 13.0. The molecule has 1 aromatic rings. The first-order chi connectivity index (χ1) is 9.83. The molecule has 0 saturated carbocycles. The molecule has 1 rings (SSSR count). The van der Waals surface area contributed by atoms with Crippen molar-refractivity contribution in [3.8, 4) is 5.75 Å². The lowest BCUT2D eigenvalue weighted by Gasteiger charge is -2.04. The van der Waals surface area contributed by atoms with E-state index in [-0.39, 0.29) is 5.97 Å². The molecule has 1 aromatic heterocycles. The maximum absolute atomic E-state index is 11.6. The van der Waals surface area contributed by atoms with E-state index in [4.69, 9.17) is 4.74 Å². The Morgan fingerprint density at radius 1 is 0.950 bits per heavy atom. The Morgan fingerprint density at radius 3 is 2.10 bits per heavy atom. The maximum Gasteiger partial charge on any atom is 0.311 e. The molecule has 1 heterocycles. The van der Waals surface area contributed by atoms with Crippen LogP contribution < -0.4 is 4.74 Å². The van der Waals surface area contributed by atoms with Gasteiger partial charge in [0.05, 0.1) is 0 Å². The van der Waals surface area contributed by atoms with Crippen molar-refractivity contribution in [2.75, 3.05) is 5.75 Å². The Bertz CT molecular complexity index is 357. The predicted octanol–water partition coefficient (Wildman–Crippen LogP) is 4.43. The van der Waals surface area contributed by atoms with Gasteiger partial charge in [-0.1, -0.05) is 38.5 Å². The van der Waals surface area contributed by atoms with Gasteiger partial charge >= 0.3 is 5.97 Å². The van der Waals surface area contributed by atoms with Gasteiger partial charge in [-0.2, -0.15) is 12.6 Å². The summed E-state index contributed by atoms with van der Waals surface area (Å²) in [6.45, 7) is 0. The molecule has 0 aliphatic rings. The molecule has 0 aliphatic heterocycles. The van der Waals surface area contributed by atoms with Crippen LogP contribution in [-0.4, -0.2) is 16.7 Å². The molecule has 112 valence electrons. The molecule has 0 spiro atoms. The largest absolute Gasteiger partial charge is 0.426 e. The van der Waals surface area contributed by atoms with E-state index in [0.29, 0.717) is 12.2 Å². The molecule has 0 fully saturated rings. The molecule has 0 radical (unpaired) electrons. The SMILES string of the molecule is O=C(CCCCCCCCCCS)Oc1ccncc1. The molecule has 20 heavy (non-hydrogen) atoms. The normalized spacial score (nSPS) is 10.4. The summed E-state index contributed by atoms with van der Waals surface area (Å²) in [5.41, 5.74) is 0. The van der Waals surface area contributed by atoms with Gasteiger partial charge in [-0.05, 0) is 30.7 Å². The first kappa shape index (κ1) is 17.0. The molecular weight excluding hydrogens is 270 g/mol. The van der Waals surface area contributed by atoms with Crippen LogP contribution in [-0.2, 0) is 4.79 Å². The van der Waals surface area contributed by atoms with Crippen molar-refractivity contribution in [2.24, 2.45) is 0 Å². The number of hydrogen-bond acceptors (Lipinski definition) is 4. The van der Waals surface area contributed by atoms with Crippen LogP contribution in [0.3, 0.4) is 0 Å². The van der Waals surface area contributed by atoms with Crippen LogP contribution in [0.4, 0.5) is 0 Å². The van der Waals surface area contributed by atoms with Gasteiger partial charge in [-0.25, -0.2) is 0 Å². The van der Waals surface area contributed by atoms with Crippen molar-refractivity contribution < 1.29 is 9.53 Å². The van der Waals surface area contributed by atoms with E-state index >= 15 is 0 Å². The molecule has 0 amide bonds. The van der Waals surface area contributed by atoms with E-state index in [2.05, 4.69) is 17.6 Å².